The SMILES string of the molecule is CCC[C@H](CC(=O)OCc1ccccc1)C(=O)N(CCNC(=O)OC(C)(C)C)[C@@H]1C(=O)C[C@@H](C)C(=O)N[C@H](C(=O)OC)Cc2ccc(OC)c(c2)-c2cc1ccc2OC. The number of nitrogens with one attached hydrogen (secondary N) is 2. The molecule has 0 aromatic heterocycles. The summed E-state index contributed by atoms with van der Waals surface area (Å²) in [5.41, 5.74) is 2.14. The molecule has 3 amide bonds. The van der Waals surface area contributed by atoms with E-state index < -0.39 is 65.1 Å². The molecule has 2 N–H and O–H groups in total. The van der Waals surface area contributed by atoms with Gasteiger partial charge in [-0.1, -0.05) is 62.7 Å². The van der Waals surface area contributed by atoms with Crippen molar-refractivity contribution in [2.75, 3.05) is 34.4 Å². The van der Waals surface area contributed by atoms with Gasteiger partial charge in [0.1, 0.15) is 35.8 Å². The highest BCUT2D eigenvalue weighted by molar-refractivity contribution is 5.95. The van der Waals surface area contributed by atoms with Crippen LogP contribution >= 0.6 is 0 Å². The maximum atomic E-state index is 15.0. The molecule has 0 unspecified atom stereocenters. The number of carbonyl (C=O) groups is 6. The zero-order valence-electron chi connectivity index (χ0n) is 35.3. The summed E-state index contributed by atoms with van der Waals surface area (Å²) >= 11 is 0. The molecule has 0 spiro atoms. The average Bonchev–Trinajstić information content (AvgIpc) is 3.20. The minimum atomic E-state index is -1.31. The Bertz CT molecular complexity index is 1960. The summed E-state index contributed by atoms with van der Waals surface area (Å²) in [4.78, 5) is 84.0. The lowest BCUT2D eigenvalue weighted by atomic mass is 9.88. The summed E-state index contributed by atoms with van der Waals surface area (Å²) in [7, 11) is 4.24. The van der Waals surface area contributed by atoms with Crippen LogP contribution in [0.25, 0.3) is 11.1 Å². The molecule has 0 radical (unpaired) electrons. The number of carbonyl (C=O) groups excluding carboxylic acids is 6. The zero-order chi connectivity index (χ0) is 43.3. The Hall–Kier alpha value is -5.92. The Labute approximate surface area is 346 Å². The Kier molecular flexibility index (Phi) is 16.4. The molecule has 3 aromatic carbocycles. The van der Waals surface area contributed by atoms with E-state index in [4.69, 9.17) is 23.7 Å². The van der Waals surface area contributed by atoms with Crippen LogP contribution in [-0.2, 0) is 51.2 Å². The highest BCUT2D eigenvalue weighted by Crippen LogP contribution is 2.40. The van der Waals surface area contributed by atoms with Gasteiger partial charge in [-0.2, -0.15) is 0 Å². The van der Waals surface area contributed by atoms with Gasteiger partial charge in [0.2, 0.25) is 11.8 Å². The fourth-order valence-corrected chi connectivity index (χ4v) is 6.98. The molecule has 318 valence electrons. The van der Waals surface area contributed by atoms with Crippen LogP contribution in [-0.4, -0.2) is 86.6 Å². The van der Waals surface area contributed by atoms with Gasteiger partial charge in [-0.3, -0.25) is 19.2 Å². The summed E-state index contributed by atoms with van der Waals surface area (Å²) in [5.74, 6) is -3.80. The van der Waals surface area contributed by atoms with E-state index >= 15 is 0 Å². The molecule has 14 heteroatoms. The predicted octanol–water partition coefficient (Wildman–Crippen LogP) is 6.12. The number of ketones is 1. The van der Waals surface area contributed by atoms with Crippen LogP contribution in [0.5, 0.6) is 11.5 Å². The number of ether oxygens (including phenoxy) is 5. The minimum absolute atomic E-state index is 0.0212. The van der Waals surface area contributed by atoms with Crippen LogP contribution in [0.1, 0.15) is 83.0 Å². The first kappa shape index (κ1) is 45.8. The predicted molar refractivity (Wildman–Crippen MR) is 219 cm³/mol. The van der Waals surface area contributed by atoms with Gasteiger partial charge in [-0.05, 0) is 68.1 Å². The number of rotatable bonds is 14. The van der Waals surface area contributed by atoms with Crippen LogP contribution in [0.2, 0.25) is 0 Å². The molecule has 1 aliphatic rings. The summed E-state index contributed by atoms with van der Waals surface area (Å²) in [5, 5.41) is 5.45. The third-order valence-electron chi connectivity index (χ3n) is 9.85. The van der Waals surface area contributed by atoms with Crippen molar-refractivity contribution < 1.29 is 52.5 Å². The van der Waals surface area contributed by atoms with Crippen molar-refractivity contribution in [1.82, 2.24) is 15.5 Å². The maximum Gasteiger partial charge on any atom is 0.407 e. The average molecular weight is 816 g/mol. The number of amides is 3. The standard InChI is InChI=1S/C45H57N3O11/c1-9-13-32(26-39(50)58-27-29-14-11-10-12-15-29)42(52)48(21-20-46-44(54)59-45(3,4)5)40-31-17-19-38(56-7)34(25-31)33-23-30(16-18-37(33)55-6)24-35(43(53)57-8)47-41(51)28(2)22-36(40)49/h10-12,14-19,23,25,28,32,35,40H,9,13,20-22,24,26-27H2,1-8H3,(H,46,54)(H,47,51)/t28-,32-,35+,40+/m1/s1. The quantitative estimate of drug-likeness (QED) is 0.142. The molecular weight excluding hydrogens is 759 g/mol. The molecule has 3 aromatic rings. The van der Waals surface area contributed by atoms with Gasteiger partial charge in [-0.15, -0.1) is 0 Å². The monoisotopic (exact) mass is 815 g/mol. The van der Waals surface area contributed by atoms with Crippen LogP contribution < -0.4 is 20.1 Å². The van der Waals surface area contributed by atoms with Crippen molar-refractivity contribution in [3.8, 4) is 22.6 Å². The van der Waals surface area contributed by atoms with Gasteiger partial charge in [0.05, 0.1) is 27.8 Å². The first-order valence-electron chi connectivity index (χ1n) is 19.8. The van der Waals surface area contributed by atoms with Crippen molar-refractivity contribution >= 4 is 35.6 Å². The smallest absolute Gasteiger partial charge is 0.407 e. The van der Waals surface area contributed by atoms with Crippen molar-refractivity contribution in [3.05, 3.63) is 83.4 Å². The molecular formula is C45H57N3O11. The van der Waals surface area contributed by atoms with E-state index in [1.165, 1.54) is 26.2 Å². The molecule has 59 heavy (non-hydrogen) atoms. The summed E-state index contributed by atoms with van der Waals surface area (Å²) in [6.45, 7) is 8.35. The Morgan fingerprint density at radius 3 is 2.19 bits per heavy atom. The highest BCUT2D eigenvalue weighted by Gasteiger charge is 2.38. The number of nitrogens with zero attached hydrogens (tertiary/aromatic N) is 1. The number of methoxy groups -OCH3 is 3. The lowest BCUT2D eigenvalue weighted by Gasteiger charge is -2.35. The first-order chi connectivity index (χ1) is 28.1. The van der Waals surface area contributed by atoms with E-state index in [9.17, 15) is 28.8 Å². The number of benzene rings is 3. The van der Waals surface area contributed by atoms with E-state index in [1.807, 2.05) is 37.3 Å². The molecule has 0 saturated heterocycles. The van der Waals surface area contributed by atoms with Crippen molar-refractivity contribution in [2.24, 2.45) is 11.8 Å². The second-order valence-corrected chi connectivity index (χ2v) is 15.6. The van der Waals surface area contributed by atoms with Gasteiger partial charge in [0, 0.05) is 48.9 Å². The number of alkyl carbamates (subject to hydrolysis) is 1. The van der Waals surface area contributed by atoms with Gasteiger partial charge in [0.25, 0.3) is 0 Å². The Balaban J connectivity index is 1.87. The number of hydrogen-bond acceptors (Lipinski definition) is 11. The van der Waals surface area contributed by atoms with E-state index in [0.29, 0.717) is 46.6 Å². The van der Waals surface area contributed by atoms with Crippen molar-refractivity contribution in [3.63, 3.8) is 0 Å². The molecule has 4 rings (SSSR count). The Morgan fingerprint density at radius 1 is 0.898 bits per heavy atom. The van der Waals surface area contributed by atoms with Crippen molar-refractivity contribution in [1.29, 1.82) is 0 Å². The third-order valence-corrected chi connectivity index (χ3v) is 9.85. The number of fused-ring (bicyclic) bond motifs is 5. The van der Waals surface area contributed by atoms with Crippen LogP contribution in [0.15, 0.2) is 66.7 Å². The van der Waals surface area contributed by atoms with E-state index in [-0.39, 0.29) is 39.0 Å². The molecule has 1 heterocycles. The van der Waals surface area contributed by atoms with Gasteiger partial charge in [-0.25, -0.2) is 9.59 Å². The minimum Gasteiger partial charge on any atom is -0.496 e. The van der Waals surface area contributed by atoms with Crippen LogP contribution in [0.4, 0.5) is 4.79 Å². The third kappa shape index (κ3) is 12.8. The first-order valence-corrected chi connectivity index (χ1v) is 19.8. The van der Waals surface area contributed by atoms with E-state index in [2.05, 4.69) is 10.6 Å². The molecule has 0 aliphatic carbocycles. The topological polar surface area (TPSA) is 176 Å². The molecule has 0 fully saturated rings. The summed E-state index contributed by atoms with van der Waals surface area (Å²) in [6, 6.07) is 17.2. The highest BCUT2D eigenvalue weighted by atomic mass is 16.6. The molecule has 14 nitrogen and oxygen atoms in total. The maximum absolute atomic E-state index is 15.0. The molecule has 0 saturated carbocycles. The second kappa shape index (κ2) is 21.2. The van der Waals surface area contributed by atoms with Crippen LogP contribution in [0.3, 0.4) is 0 Å². The molecule has 4 atom stereocenters. The normalized spacial score (nSPS) is 17.3. The zero-order valence-corrected chi connectivity index (χ0v) is 35.3. The van der Waals surface area contributed by atoms with E-state index in [1.54, 1.807) is 64.1 Å². The summed E-state index contributed by atoms with van der Waals surface area (Å²) < 4.78 is 27.6. The van der Waals surface area contributed by atoms with Gasteiger partial charge < -0.3 is 39.2 Å². The number of esters is 2. The lowest BCUT2D eigenvalue weighted by molar-refractivity contribution is -0.152. The molecule has 4 bridgehead atoms. The Morgan fingerprint density at radius 2 is 1.56 bits per heavy atom. The molecule has 1 aliphatic heterocycles. The van der Waals surface area contributed by atoms with Crippen molar-refractivity contribution in [2.45, 2.75) is 91.0 Å². The van der Waals surface area contributed by atoms with Crippen LogP contribution in [0, 0.1) is 11.8 Å². The lowest BCUT2D eigenvalue weighted by Crippen LogP contribution is -2.48. The second-order valence-electron chi connectivity index (χ2n) is 15.6. The largest absolute Gasteiger partial charge is 0.496 e. The fourth-order valence-electron chi connectivity index (χ4n) is 6.98. The fraction of sp³-hybridized carbons (Fsp3) is 0.467. The van der Waals surface area contributed by atoms with Gasteiger partial charge in [0.15, 0.2) is 5.78 Å². The van der Waals surface area contributed by atoms with E-state index in [0.717, 1.165) is 5.56 Å². The number of hydrogen-bond donors (Lipinski definition) is 2. The summed E-state index contributed by atoms with van der Waals surface area (Å²) in [6.07, 6.45) is -0.404. The number of Topliss-reactive ketones (excluding diaryl/α,β-unsaturated/α-hetero) is 1. The van der Waals surface area contributed by atoms with Gasteiger partial charge >= 0.3 is 18.0 Å².